The molecule has 0 radical (unpaired) electrons. The summed E-state index contributed by atoms with van der Waals surface area (Å²) in [6, 6.07) is 0.681. The van der Waals surface area contributed by atoms with Gasteiger partial charge in [0.05, 0.1) is 5.39 Å². The van der Waals surface area contributed by atoms with Crippen molar-refractivity contribution in [2.24, 2.45) is 0 Å². The SMILES string of the molecule is CC(c1nc2c3c4c(sc3ncn2n1)CCCC4)n1nc(C(F)(F)F)cc1C1CC1. The van der Waals surface area contributed by atoms with Crippen molar-refractivity contribution in [2.45, 2.75) is 63.6 Å². The van der Waals surface area contributed by atoms with Gasteiger partial charge in [-0.05, 0) is 57.1 Å². The average molecular weight is 432 g/mol. The van der Waals surface area contributed by atoms with Crippen LogP contribution in [-0.2, 0) is 19.0 Å². The topological polar surface area (TPSA) is 60.9 Å². The Bertz CT molecular complexity index is 1280. The van der Waals surface area contributed by atoms with Crippen LogP contribution in [0.4, 0.5) is 13.2 Å². The van der Waals surface area contributed by atoms with Gasteiger partial charge in [0.1, 0.15) is 17.2 Å². The van der Waals surface area contributed by atoms with Crippen molar-refractivity contribution in [1.82, 2.24) is 29.4 Å². The van der Waals surface area contributed by atoms with E-state index in [1.165, 1.54) is 27.6 Å². The van der Waals surface area contributed by atoms with Crippen LogP contribution in [0, 0.1) is 0 Å². The van der Waals surface area contributed by atoms with Crippen LogP contribution >= 0.6 is 11.3 Å². The van der Waals surface area contributed by atoms with Crippen molar-refractivity contribution in [2.75, 3.05) is 0 Å². The van der Waals surface area contributed by atoms with E-state index in [9.17, 15) is 13.2 Å². The van der Waals surface area contributed by atoms with Crippen LogP contribution in [0.3, 0.4) is 0 Å². The minimum Gasteiger partial charge on any atom is -0.258 e. The quantitative estimate of drug-likeness (QED) is 0.461. The smallest absolute Gasteiger partial charge is 0.258 e. The summed E-state index contributed by atoms with van der Waals surface area (Å²) in [4.78, 5) is 11.7. The highest BCUT2D eigenvalue weighted by Crippen LogP contribution is 2.43. The molecular formula is C20H19F3N6S. The van der Waals surface area contributed by atoms with Crippen molar-refractivity contribution in [3.8, 4) is 0 Å². The lowest BCUT2D eigenvalue weighted by Crippen LogP contribution is -2.15. The van der Waals surface area contributed by atoms with Gasteiger partial charge in [0.15, 0.2) is 17.2 Å². The second-order valence-electron chi connectivity index (χ2n) is 8.22. The normalized spacial score (nSPS) is 18.3. The van der Waals surface area contributed by atoms with E-state index in [0.717, 1.165) is 48.0 Å². The Labute approximate surface area is 173 Å². The third kappa shape index (κ3) is 2.76. The van der Waals surface area contributed by atoms with Gasteiger partial charge in [0.25, 0.3) is 0 Å². The minimum atomic E-state index is -4.47. The lowest BCUT2D eigenvalue weighted by atomic mass is 9.97. The first-order chi connectivity index (χ1) is 14.4. The molecule has 0 aromatic carbocycles. The molecule has 0 amide bonds. The second-order valence-corrected chi connectivity index (χ2v) is 9.30. The monoisotopic (exact) mass is 432 g/mol. The maximum atomic E-state index is 13.3. The largest absolute Gasteiger partial charge is 0.435 e. The maximum absolute atomic E-state index is 13.3. The Kier molecular flexibility index (Phi) is 3.82. The predicted molar refractivity (Wildman–Crippen MR) is 106 cm³/mol. The summed E-state index contributed by atoms with van der Waals surface area (Å²) < 4.78 is 43.0. The van der Waals surface area contributed by atoms with Crippen molar-refractivity contribution >= 4 is 27.2 Å². The Morgan fingerprint density at radius 1 is 1.17 bits per heavy atom. The molecule has 6 nitrogen and oxygen atoms in total. The highest BCUT2D eigenvalue weighted by atomic mass is 32.1. The summed E-state index contributed by atoms with van der Waals surface area (Å²) in [5.74, 6) is 0.587. The van der Waals surface area contributed by atoms with Gasteiger partial charge in [-0.2, -0.15) is 18.3 Å². The van der Waals surface area contributed by atoms with Crippen molar-refractivity contribution in [3.63, 3.8) is 0 Å². The molecule has 0 N–H and O–H groups in total. The molecule has 2 aliphatic carbocycles. The summed E-state index contributed by atoms with van der Waals surface area (Å²) in [5, 5.41) is 9.51. The molecule has 1 fully saturated rings. The van der Waals surface area contributed by atoms with Crippen LogP contribution in [-0.4, -0.2) is 29.4 Å². The summed E-state index contributed by atoms with van der Waals surface area (Å²) in [5.41, 5.74) is 1.81. The zero-order valence-electron chi connectivity index (χ0n) is 16.3. The molecule has 1 unspecified atom stereocenters. The third-order valence-electron chi connectivity index (χ3n) is 6.10. The fourth-order valence-electron chi connectivity index (χ4n) is 4.40. The molecule has 30 heavy (non-hydrogen) atoms. The van der Waals surface area contributed by atoms with E-state index in [-0.39, 0.29) is 5.92 Å². The predicted octanol–water partition coefficient (Wildman–Crippen LogP) is 4.92. The average Bonchev–Trinajstić information content (AvgIpc) is 3.16. The van der Waals surface area contributed by atoms with E-state index in [1.807, 2.05) is 6.92 Å². The molecule has 0 spiro atoms. The molecule has 0 aliphatic heterocycles. The molecule has 6 rings (SSSR count). The van der Waals surface area contributed by atoms with Crippen LogP contribution in [0.5, 0.6) is 0 Å². The van der Waals surface area contributed by atoms with Gasteiger partial charge in [0, 0.05) is 16.5 Å². The number of hydrogen-bond acceptors (Lipinski definition) is 5. The van der Waals surface area contributed by atoms with Crippen molar-refractivity contribution in [1.29, 1.82) is 0 Å². The molecule has 4 aromatic heterocycles. The molecule has 1 atom stereocenters. The minimum absolute atomic E-state index is 0.130. The van der Waals surface area contributed by atoms with Crippen molar-refractivity contribution in [3.05, 3.63) is 40.0 Å². The first-order valence-electron chi connectivity index (χ1n) is 10.2. The molecule has 4 aromatic rings. The maximum Gasteiger partial charge on any atom is 0.435 e. The third-order valence-corrected chi connectivity index (χ3v) is 7.30. The Morgan fingerprint density at radius 2 is 1.97 bits per heavy atom. The van der Waals surface area contributed by atoms with Gasteiger partial charge in [0.2, 0.25) is 0 Å². The fourth-order valence-corrected chi connectivity index (χ4v) is 5.62. The molecule has 0 saturated heterocycles. The zero-order valence-corrected chi connectivity index (χ0v) is 17.1. The van der Waals surface area contributed by atoms with Gasteiger partial charge in [-0.25, -0.2) is 14.5 Å². The van der Waals surface area contributed by atoms with E-state index in [1.54, 1.807) is 22.2 Å². The number of thiophene rings is 1. The first kappa shape index (κ1) is 18.3. The Balaban J connectivity index is 1.48. The van der Waals surface area contributed by atoms with E-state index < -0.39 is 17.9 Å². The summed E-state index contributed by atoms with van der Waals surface area (Å²) in [6.45, 7) is 1.81. The highest BCUT2D eigenvalue weighted by molar-refractivity contribution is 7.19. The molecule has 4 heterocycles. The lowest BCUT2D eigenvalue weighted by molar-refractivity contribution is -0.141. The summed E-state index contributed by atoms with van der Waals surface area (Å²) in [7, 11) is 0. The number of aromatic nitrogens is 6. The van der Waals surface area contributed by atoms with E-state index in [0.29, 0.717) is 11.5 Å². The van der Waals surface area contributed by atoms with Crippen molar-refractivity contribution < 1.29 is 13.2 Å². The number of fused-ring (bicyclic) bond motifs is 5. The fraction of sp³-hybridized carbons (Fsp3) is 0.500. The van der Waals surface area contributed by atoms with Gasteiger partial charge in [-0.3, -0.25) is 4.68 Å². The van der Waals surface area contributed by atoms with Crippen LogP contribution in [0.25, 0.3) is 15.9 Å². The van der Waals surface area contributed by atoms with Gasteiger partial charge >= 0.3 is 6.18 Å². The zero-order chi connectivity index (χ0) is 20.6. The standard InChI is InChI=1S/C20H19F3N6S/c1-10(29-13(11-6-7-11)8-15(26-29)20(21,22)23)17-25-18-16-12-4-2-3-5-14(12)30-19(16)24-9-28(18)27-17/h8-11H,2-7H2,1H3. The van der Waals surface area contributed by atoms with Crippen LogP contribution < -0.4 is 0 Å². The number of aryl methyl sites for hydroxylation is 2. The second kappa shape index (κ2) is 6.26. The van der Waals surface area contributed by atoms with E-state index in [4.69, 9.17) is 4.98 Å². The number of rotatable bonds is 3. The van der Waals surface area contributed by atoms with Crippen LogP contribution in [0.15, 0.2) is 12.4 Å². The number of alkyl halides is 3. The highest BCUT2D eigenvalue weighted by Gasteiger charge is 2.39. The molecular weight excluding hydrogens is 413 g/mol. The van der Waals surface area contributed by atoms with Gasteiger partial charge < -0.3 is 0 Å². The number of halogens is 3. The molecule has 156 valence electrons. The molecule has 0 bridgehead atoms. The number of hydrogen-bond donors (Lipinski definition) is 0. The number of nitrogens with zero attached hydrogens (tertiary/aromatic N) is 6. The van der Waals surface area contributed by atoms with Gasteiger partial charge in [-0.1, -0.05) is 0 Å². The summed E-state index contributed by atoms with van der Waals surface area (Å²) in [6.07, 6.45) is 3.37. The Morgan fingerprint density at radius 3 is 2.73 bits per heavy atom. The molecule has 2 aliphatic rings. The first-order valence-corrected chi connectivity index (χ1v) is 11.0. The van der Waals surface area contributed by atoms with Crippen LogP contribution in [0.1, 0.15) is 72.2 Å². The van der Waals surface area contributed by atoms with Gasteiger partial charge in [-0.15, -0.1) is 16.4 Å². The molecule has 1 saturated carbocycles. The Hall–Kier alpha value is -2.49. The van der Waals surface area contributed by atoms with Crippen LogP contribution in [0.2, 0.25) is 0 Å². The lowest BCUT2D eigenvalue weighted by Gasteiger charge is -2.12. The summed E-state index contributed by atoms with van der Waals surface area (Å²) >= 11 is 1.71. The van der Waals surface area contributed by atoms with E-state index >= 15 is 0 Å². The molecule has 10 heteroatoms. The van der Waals surface area contributed by atoms with E-state index in [2.05, 4.69) is 15.2 Å².